The molecule has 0 bridgehead atoms. The third kappa shape index (κ3) is 4.01. The van der Waals surface area contributed by atoms with Crippen LogP contribution in [0.15, 0.2) is 22.7 Å². The molecule has 1 heterocycles. The van der Waals surface area contributed by atoms with Crippen molar-refractivity contribution in [2.24, 2.45) is 0 Å². The van der Waals surface area contributed by atoms with E-state index in [1.165, 1.54) is 12.1 Å². The minimum Gasteiger partial charge on any atom is -0.483 e. The van der Waals surface area contributed by atoms with Gasteiger partial charge in [0, 0.05) is 18.0 Å². The van der Waals surface area contributed by atoms with Gasteiger partial charge < -0.3 is 14.6 Å². The minimum atomic E-state index is -0.284. The van der Waals surface area contributed by atoms with Gasteiger partial charge in [0.2, 0.25) is 0 Å². The second-order valence-corrected chi connectivity index (χ2v) is 4.71. The lowest BCUT2D eigenvalue weighted by Crippen LogP contribution is -2.18. The van der Waals surface area contributed by atoms with Gasteiger partial charge in [0.25, 0.3) is 5.89 Å². The predicted molar refractivity (Wildman–Crippen MR) is 76.5 cm³/mol. The molecule has 21 heavy (non-hydrogen) atoms. The highest BCUT2D eigenvalue weighted by atomic mass is 19.1. The zero-order chi connectivity index (χ0) is 15.2. The van der Waals surface area contributed by atoms with Crippen LogP contribution in [0, 0.1) is 5.82 Å². The van der Waals surface area contributed by atoms with Gasteiger partial charge in [-0.1, -0.05) is 19.0 Å². The van der Waals surface area contributed by atoms with Crippen LogP contribution in [0.3, 0.4) is 0 Å². The van der Waals surface area contributed by atoms with Crippen molar-refractivity contribution in [3.8, 4) is 5.75 Å². The highest BCUT2D eigenvalue weighted by molar-refractivity contribution is 5.36. The van der Waals surface area contributed by atoms with Crippen molar-refractivity contribution >= 4 is 0 Å². The molecule has 0 radical (unpaired) electrons. The number of nitrogens with one attached hydrogen (secondary N) is 1. The molecule has 1 aromatic heterocycles. The Morgan fingerprint density at radius 2 is 2.19 bits per heavy atom. The van der Waals surface area contributed by atoms with Crippen LogP contribution in [-0.4, -0.2) is 16.7 Å². The largest absolute Gasteiger partial charge is 0.483 e. The normalized spacial score (nSPS) is 12.4. The maximum absolute atomic E-state index is 13.4. The van der Waals surface area contributed by atoms with Crippen LogP contribution in [-0.2, 0) is 13.0 Å². The molecule has 1 N–H and O–H groups in total. The molecule has 0 amide bonds. The molecular formula is C15H20FN3O2. The van der Waals surface area contributed by atoms with E-state index >= 15 is 0 Å². The summed E-state index contributed by atoms with van der Waals surface area (Å²) in [6.45, 7) is 6.88. The van der Waals surface area contributed by atoms with Crippen molar-refractivity contribution in [1.29, 1.82) is 0 Å². The SMILES string of the molecule is CCNC(C)c1cc(F)ccc1OCc1nc(CC)no1. The number of rotatable bonds is 7. The van der Waals surface area contributed by atoms with Crippen LogP contribution in [0.4, 0.5) is 4.39 Å². The van der Waals surface area contributed by atoms with Crippen molar-refractivity contribution in [3.05, 3.63) is 41.3 Å². The van der Waals surface area contributed by atoms with Crippen LogP contribution in [0.5, 0.6) is 5.75 Å². The number of hydrogen-bond acceptors (Lipinski definition) is 5. The molecule has 5 nitrogen and oxygen atoms in total. The highest BCUT2D eigenvalue weighted by Gasteiger charge is 2.13. The van der Waals surface area contributed by atoms with Crippen molar-refractivity contribution in [3.63, 3.8) is 0 Å². The van der Waals surface area contributed by atoms with Crippen LogP contribution in [0.25, 0.3) is 0 Å². The van der Waals surface area contributed by atoms with E-state index in [0.29, 0.717) is 23.9 Å². The number of benzene rings is 1. The number of ether oxygens (including phenoxy) is 1. The molecular weight excluding hydrogens is 273 g/mol. The lowest BCUT2D eigenvalue weighted by atomic mass is 10.1. The summed E-state index contributed by atoms with van der Waals surface area (Å²) in [7, 11) is 0. The summed E-state index contributed by atoms with van der Waals surface area (Å²) < 4.78 is 24.2. The molecule has 2 aromatic rings. The zero-order valence-electron chi connectivity index (χ0n) is 12.5. The molecule has 0 saturated heterocycles. The first kappa shape index (κ1) is 15.4. The molecule has 0 fully saturated rings. The van der Waals surface area contributed by atoms with Gasteiger partial charge in [-0.25, -0.2) is 4.39 Å². The Kier molecular flexibility index (Phi) is 5.27. The number of hydrogen-bond donors (Lipinski definition) is 1. The van der Waals surface area contributed by atoms with Crippen LogP contribution in [0.2, 0.25) is 0 Å². The van der Waals surface area contributed by atoms with Crippen molar-refractivity contribution < 1.29 is 13.7 Å². The van der Waals surface area contributed by atoms with Gasteiger partial charge in [-0.3, -0.25) is 0 Å². The average molecular weight is 293 g/mol. The van der Waals surface area contributed by atoms with Gasteiger partial charge >= 0.3 is 0 Å². The maximum Gasteiger partial charge on any atom is 0.264 e. The Balaban J connectivity index is 2.11. The van der Waals surface area contributed by atoms with E-state index in [2.05, 4.69) is 15.5 Å². The molecule has 0 saturated carbocycles. The summed E-state index contributed by atoms with van der Waals surface area (Å²) in [5.41, 5.74) is 0.770. The van der Waals surface area contributed by atoms with Crippen molar-refractivity contribution in [2.45, 2.75) is 39.8 Å². The number of aryl methyl sites for hydroxylation is 1. The molecule has 6 heteroatoms. The van der Waals surface area contributed by atoms with Crippen LogP contribution < -0.4 is 10.1 Å². The van der Waals surface area contributed by atoms with E-state index in [1.54, 1.807) is 6.07 Å². The van der Waals surface area contributed by atoms with E-state index < -0.39 is 0 Å². The first-order chi connectivity index (χ1) is 10.1. The van der Waals surface area contributed by atoms with Gasteiger partial charge in [0.15, 0.2) is 12.4 Å². The summed E-state index contributed by atoms with van der Waals surface area (Å²) in [6, 6.07) is 4.47. The lowest BCUT2D eigenvalue weighted by molar-refractivity contribution is 0.239. The first-order valence-corrected chi connectivity index (χ1v) is 7.11. The summed E-state index contributed by atoms with van der Waals surface area (Å²) in [5, 5.41) is 7.05. The predicted octanol–water partition coefficient (Wildman–Crippen LogP) is 3.02. The molecule has 0 aliphatic heterocycles. The monoisotopic (exact) mass is 293 g/mol. The molecule has 1 unspecified atom stereocenters. The summed E-state index contributed by atoms with van der Waals surface area (Å²) in [4.78, 5) is 4.18. The lowest BCUT2D eigenvalue weighted by Gasteiger charge is -2.17. The second-order valence-electron chi connectivity index (χ2n) is 4.71. The Hall–Kier alpha value is -1.95. The standard InChI is InChI=1S/C15H20FN3O2/c1-4-14-18-15(21-19-14)9-20-13-7-6-11(16)8-12(13)10(3)17-5-2/h6-8,10,17H,4-5,9H2,1-3H3. The molecule has 1 aromatic carbocycles. The summed E-state index contributed by atoms with van der Waals surface area (Å²) >= 11 is 0. The fourth-order valence-corrected chi connectivity index (χ4v) is 2.04. The quantitative estimate of drug-likeness (QED) is 0.850. The van der Waals surface area contributed by atoms with Crippen LogP contribution >= 0.6 is 0 Å². The van der Waals surface area contributed by atoms with Crippen LogP contribution in [0.1, 0.15) is 44.1 Å². The van der Waals surface area contributed by atoms with E-state index in [0.717, 1.165) is 12.1 Å². The van der Waals surface area contributed by atoms with E-state index in [1.807, 2.05) is 20.8 Å². The number of aromatic nitrogens is 2. The van der Waals surface area contributed by atoms with Gasteiger partial charge in [-0.05, 0) is 31.7 Å². The Bertz CT molecular complexity index is 586. The Labute approximate surface area is 123 Å². The molecule has 114 valence electrons. The molecule has 0 spiro atoms. The van der Waals surface area contributed by atoms with Gasteiger partial charge in [-0.15, -0.1) is 0 Å². The smallest absolute Gasteiger partial charge is 0.264 e. The van der Waals surface area contributed by atoms with Gasteiger partial charge in [0.05, 0.1) is 0 Å². The fraction of sp³-hybridized carbons (Fsp3) is 0.467. The molecule has 0 aliphatic carbocycles. The van der Waals surface area contributed by atoms with Crippen molar-refractivity contribution in [1.82, 2.24) is 15.5 Å². The third-order valence-corrected chi connectivity index (χ3v) is 3.13. The molecule has 2 rings (SSSR count). The van der Waals surface area contributed by atoms with E-state index in [-0.39, 0.29) is 18.5 Å². The minimum absolute atomic E-state index is 0.00501. The summed E-state index contributed by atoms with van der Waals surface area (Å²) in [6.07, 6.45) is 0.711. The second kappa shape index (κ2) is 7.17. The maximum atomic E-state index is 13.4. The topological polar surface area (TPSA) is 60.2 Å². The Morgan fingerprint density at radius 3 is 2.86 bits per heavy atom. The number of nitrogens with zero attached hydrogens (tertiary/aromatic N) is 2. The average Bonchev–Trinajstić information content (AvgIpc) is 2.94. The molecule has 1 atom stereocenters. The van der Waals surface area contributed by atoms with Crippen molar-refractivity contribution in [2.75, 3.05) is 6.54 Å². The Morgan fingerprint density at radius 1 is 1.38 bits per heavy atom. The fourth-order valence-electron chi connectivity index (χ4n) is 2.04. The first-order valence-electron chi connectivity index (χ1n) is 7.11. The summed E-state index contributed by atoms with van der Waals surface area (Å²) in [5.74, 6) is 1.39. The van der Waals surface area contributed by atoms with Gasteiger partial charge in [0.1, 0.15) is 11.6 Å². The molecule has 0 aliphatic rings. The zero-order valence-corrected chi connectivity index (χ0v) is 12.5. The highest BCUT2D eigenvalue weighted by Crippen LogP contribution is 2.26. The number of halogens is 1. The van der Waals surface area contributed by atoms with E-state index in [4.69, 9.17) is 9.26 Å². The van der Waals surface area contributed by atoms with E-state index in [9.17, 15) is 4.39 Å². The third-order valence-electron chi connectivity index (χ3n) is 3.13. The van der Waals surface area contributed by atoms with Gasteiger partial charge in [-0.2, -0.15) is 4.98 Å².